The van der Waals surface area contributed by atoms with E-state index in [1.807, 2.05) is 11.0 Å². The van der Waals surface area contributed by atoms with Crippen molar-refractivity contribution in [1.82, 2.24) is 14.8 Å². The van der Waals surface area contributed by atoms with Crippen LogP contribution in [0.2, 0.25) is 0 Å². The maximum Gasteiger partial charge on any atom is 0.255 e. The van der Waals surface area contributed by atoms with E-state index in [9.17, 15) is 4.79 Å². The van der Waals surface area contributed by atoms with Gasteiger partial charge < -0.3 is 14.4 Å². The fourth-order valence-electron chi connectivity index (χ4n) is 3.49. The van der Waals surface area contributed by atoms with Crippen molar-refractivity contribution in [2.75, 3.05) is 39.4 Å². The monoisotopic (exact) mass is 367 g/mol. The van der Waals surface area contributed by atoms with Crippen molar-refractivity contribution in [3.8, 4) is 5.88 Å². The minimum atomic E-state index is 0.0395. The number of rotatable bonds is 5. The van der Waals surface area contributed by atoms with Crippen molar-refractivity contribution in [1.29, 1.82) is 0 Å². The Bertz CT molecular complexity index is 737. The molecule has 2 aromatic rings. The van der Waals surface area contributed by atoms with E-state index < -0.39 is 0 Å². The number of pyridine rings is 1. The minimum absolute atomic E-state index is 0.0395. The Morgan fingerprint density at radius 3 is 2.59 bits per heavy atom. The second kappa shape index (κ2) is 8.50. The van der Waals surface area contributed by atoms with E-state index in [-0.39, 0.29) is 12.0 Å². The molecule has 0 radical (unpaired) electrons. The highest BCUT2D eigenvalue weighted by molar-refractivity contribution is 5.94. The first kappa shape index (κ1) is 17.9. The third-order valence-corrected chi connectivity index (χ3v) is 5.07. The van der Waals surface area contributed by atoms with Crippen LogP contribution in [0.3, 0.4) is 0 Å². The van der Waals surface area contributed by atoms with Gasteiger partial charge in [-0.2, -0.15) is 0 Å². The smallest absolute Gasteiger partial charge is 0.255 e. The molecule has 142 valence electrons. The van der Waals surface area contributed by atoms with E-state index in [1.54, 1.807) is 18.3 Å². The first-order valence-electron chi connectivity index (χ1n) is 9.54. The second-order valence-corrected chi connectivity index (χ2v) is 7.04. The second-order valence-electron chi connectivity index (χ2n) is 7.04. The normalized spacial score (nSPS) is 20.6. The summed E-state index contributed by atoms with van der Waals surface area (Å²) in [5.41, 5.74) is 1.92. The van der Waals surface area contributed by atoms with Crippen LogP contribution in [0.1, 0.15) is 22.3 Å². The van der Waals surface area contributed by atoms with E-state index >= 15 is 0 Å². The number of carbonyl (C=O) groups excluding carboxylic acids is 1. The molecule has 2 aliphatic rings. The predicted octanol–water partition coefficient (Wildman–Crippen LogP) is 2.21. The lowest BCUT2D eigenvalue weighted by molar-refractivity contribution is 0.0628. The van der Waals surface area contributed by atoms with Crippen molar-refractivity contribution in [2.45, 2.75) is 19.1 Å². The van der Waals surface area contributed by atoms with Gasteiger partial charge in [0.15, 0.2) is 0 Å². The molecule has 27 heavy (non-hydrogen) atoms. The van der Waals surface area contributed by atoms with E-state index in [4.69, 9.17) is 9.47 Å². The Morgan fingerprint density at radius 2 is 1.93 bits per heavy atom. The number of aromatic nitrogens is 1. The van der Waals surface area contributed by atoms with Gasteiger partial charge in [-0.1, -0.05) is 30.3 Å². The summed E-state index contributed by atoms with van der Waals surface area (Å²) < 4.78 is 11.1. The largest absolute Gasteiger partial charge is 0.472 e. The molecule has 1 amide bonds. The Labute approximate surface area is 159 Å². The van der Waals surface area contributed by atoms with Crippen LogP contribution in [-0.4, -0.2) is 66.2 Å². The number of piperazine rings is 1. The van der Waals surface area contributed by atoms with E-state index in [2.05, 4.69) is 34.1 Å². The molecule has 0 saturated carbocycles. The molecule has 0 N–H and O–H groups in total. The lowest BCUT2D eigenvalue weighted by atomic mass is 10.2. The minimum Gasteiger partial charge on any atom is -0.472 e. The van der Waals surface area contributed by atoms with E-state index in [1.165, 1.54) is 5.56 Å². The number of nitrogens with zero attached hydrogens (tertiary/aromatic N) is 3. The molecule has 6 nitrogen and oxygen atoms in total. The maximum atomic E-state index is 12.7. The van der Waals surface area contributed by atoms with Crippen LogP contribution in [0.25, 0.3) is 0 Å². The van der Waals surface area contributed by atoms with E-state index in [0.717, 1.165) is 45.8 Å². The number of amides is 1. The van der Waals surface area contributed by atoms with Crippen LogP contribution in [0, 0.1) is 0 Å². The molecule has 1 aromatic carbocycles. The van der Waals surface area contributed by atoms with Crippen LogP contribution in [0.5, 0.6) is 5.88 Å². The Morgan fingerprint density at radius 1 is 1.11 bits per heavy atom. The third kappa shape index (κ3) is 4.64. The van der Waals surface area contributed by atoms with Gasteiger partial charge in [0.2, 0.25) is 5.88 Å². The quantitative estimate of drug-likeness (QED) is 0.811. The van der Waals surface area contributed by atoms with Gasteiger partial charge in [0.1, 0.15) is 6.10 Å². The van der Waals surface area contributed by atoms with Crippen molar-refractivity contribution >= 4 is 5.91 Å². The van der Waals surface area contributed by atoms with Gasteiger partial charge in [-0.3, -0.25) is 9.69 Å². The van der Waals surface area contributed by atoms with Crippen LogP contribution >= 0.6 is 0 Å². The van der Waals surface area contributed by atoms with Gasteiger partial charge >= 0.3 is 0 Å². The van der Waals surface area contributed by atoms with Gasteiger partial charge in [0.05, 0.1) is 18.8 Å². The van der Waals surface area contributed by atoms with Crippen molar-refractivity contribution in [2.24, 2.45) is 0 Å². The lowest BCUT2D eigenvalue weighted by Crippen LogP contribution is -2.48. The summed E-state index contributed by atoms with van der Waals surface area (Å²) in [6.45, 7) is 5.52. The number of ether oxygens (including phenoxy) is 2. The first-order valence-corrected chi connectivity index (χ1v) is 9.54. The zero-order chi connectivity index (χ0) is 18.5. The summed E-state index contributed by atoms with van der Waals surface area (Å²) in [5.74, 6) is 0.590. The molecule has 4 rings (SSSR count). The standard InChI is InChI=1S/C21H25N3O3/c25-21(18-6-7-20(22-14-18)27-19-8-13-26-16-19)24-11-9-23(10-12-24)15-17-4-2-1-3-5-17/h1-7,14,19H,8-13,15-16H2. The molecule has 2 aliphatic heterocycles. The molecule has 6 heteroatoms. The average Bonchev–Trinajstić information content (AvgIpc) is 3.22. The van der Waals surface area contributed by atoms with Gasteiger partial charge in [-0.05, 0) is 11.6 Å². The molecule has 3 heterocycles. The summed E-state index contributed by atoms with van der Waals surface area (Å²) in [6, 6.07) is 14.0. The van der Waals surface area contributed by atoms with Gasteiger partial charge in [-0.25, -0.2) is 4.98 Å². The van der Waals surface area contributed by atoms with Gasteiger partial charge in [-0.15, -0.1) is 0 Å². The highest BCUT2D eigenvalue weighted by Gasteiger charge is 2.23. The summed E-state index contributed by atoms with van der Waals surface area (Å²) in [5, 5.41) is 0. The highest BCUT2D eigenvalue weighted by atomic mass is 16.5. The molecule has 1 aromatic heterocycles. The van der Waals surface area contributed by atoms with Gasteiger partial charge in [0.25, 0.3) is 5.91 Å². The topological polar surface area (TPSA) is 54.9 Å². The predicted molar refractivity (Wildman–Crippen MR) is 102 cm³/mol. The Hall–Kier alpha value is -2.44. The molecule has 1 unspecified atom stereocenters. The zero-order valence-electron chi connectivity index (χ0n) is 15.4. The molecular weight excluding hydrogens is 342 g/mol. The average molecular weight is 367 g/mol. The van der Waals surface area contributed by atoms with Crippen LogP contribution in [0.15, 0.2) is 48.7 Å². The molecule has 2 fully saturated rings. The fourth-order valence-corrected chi connectivity index (χ4v) is 3.49. The number of hydrogen-bond acceptors (Lipinski definition) is 5. The molecule has 2 saturated heterocycles. The summed E-state index contributed by atoms with van der Waals surface area (Å²) in [4.78, 5) is 21.3. The van der Waals surface area contributed by atoms with Crippen LogP contribution < -0.4 is 4.74 Å². The number of benzene rings is 1. The van der Waals surface area contributed by atoms with Crippen molar-refractivity contribution in [3.05, 3.63) is 59.8 Å². The SMILES string of the molecule is O=C(c1ccc(OC2CCOC2)nc1)N1CCN(Cc2ccccc2)CC1. The number of hydrogen-bond donors (Lipinski definition) is 0. The summed E-state index contributed by atoms with van der Waals surface area (Å²) in [6.07, 6.45) is 2.57. The Balaban J connectivity index is 1.28. The molecule has 1 atom stereocenters. The maximum absolute atomic E-state index is 12.7. The highest BCUT2D eigenvalue weighted by Crippen LogP contribution is 2.16. The Kier molecular flexibility index (Phi) is 5.65. The van der Waals surface area contributed by atoms with Crippen molar-refractivity contribution < 1.29 is 14.3 Å². The van der Waals surface area contributed by atoms with Gasteiger partial charge in [0, 0.05) is 51.4 Å². The van der Waals surface area contributed by atoms with Crippen LogP contribution in [0.4, 0.5) is 0 Å². The lowest BCUT2D eigenvalue weighted by Gasteiger charge is -2.34. The molecule has 0 spiro atoms. The molecule has 0 bridgehead atoms. The third-order valence-electron chi connectivity index (χ3n) is 5.07. The summed E-state index contributed by atoms with van der Waals surface area (Å²) >= 11 is 0. The fraction of sp³-hybridized carbons (Fsp3) is 0.429. The molecule has 0 aliphatic carbocycles. The summed E-state index contributed by atoms with van der Waals surface area (Å²) in [7, 11) is 0. The number of carbonyl (C=O) groups is 1. The van der Waals surface area contributed by atoms with Crippen LogP contribution in [-0.2, 0) is 11.3 Å². The zero-order valence-corrected chi connectivity index (χ0v) is 15.4. The van der Waals surface area contributed by atoms with E-state index in [0.29, 0.717) is 18.1 Å². The molecular formula is C21H25N3O3. The first-order chi connectivity index (χ1) is 13.3. The van der Waals surface area contributed by atoms with Crippen molar-refractivity contribution in [3.63, 3.8) is 0 Å².